The highest BCUT2D eigenvalue weighted by Gasteiger charge is 2.33. The number of unbranched alkanes of at least 4 members (excludes halogenated alkanes) is 2. The molecular weight excluding hydrogens is 454 g/mol. The van der Waals surface area contributed by atoms with E-state index in [1.165, 1.54) is 47.7 Å². The predicted octanol–water partition coefficient (Wildman–Crippen LogP) is 8.62. The Morgan fingerprint density at radius 1 is 0.971 bits per heavy atom. The minimum atomic E-state index is 0.00843. The first-order valence-corrected chi connectivity index (χ1v) is 16.1. The average molecular weight is 503 g/mol. The van der Waals surface area contributed by atoms with Crippen molar-refractivity contribution in [3.8, 4) is 5.75 Å². The quantitative estimate of drug-likeness (QED) is 0.164. The fraction of sp³-hybridized carbons (Fsp3) is 0.600. The van der Waals surface area contributed by atoms with Crippen LogP contribution in [0.1, 0.15) is 88.1 Å². The van der Waals surface area contributed by atoms with Crippen LogP contribution in [-0.4, -0.2) is 27.2 Å². The van der Waals surface area contributed by atoms with Crippen LogP contribution in [0.25, 0.3) is 0 Å². The number of methoxy groups -OCH3 is 1. The summed E-state index contributed by atoms with van der Waals surface area (Å²) in [6.07, 6.45) is 6.09. The van der Waals surface area contributed by atoms with Gasteiger partial charge in [-0.3, -0.25) is 0 Å². The van der Waals surface area contributed by atoms with Crippen molar-refractivity contribution >= 4 is 21.8 Å². The molecule has 4 heteroatoms. The standard InChI is InChI=1S/C30H48O2P2/c1-11-12-13-17-30(7,33-28-22(2)15-14-16-24(28)20-34(9)10)26-19-25(29(4,5)6)18-23(3)27(26)32-21-31-8/h14-16,18-19,33H,11-13,17,20-21H2,1-10H3. The number of rotatable bonds is 12. The van der Waals surface area contributed by atoms with Gasteiger partial charge in [0, 0.05) is 17.8 Å². The Balaban J connectivity index is 2.72. The first kappa shape index (κ1) is 29.3. The summed E-state index contributed by atoms with van der Waals surface area (Å²) in [5, 5.41) is 1.57. The molecule has 0 aliphatic rings. The maximum absolute atomic E-state index is 6.29. The highest BCUT2D eigenvalue weighted by Crippen LogP contribution is 2.51. The topological polar surface area (TPSA) is 18.5 Å². The second-order valence-electron chi connectivity index (χ2n) is 11.2. The molecule has 0 amide bonds. The number of hydrogen-bond acceptors (Lipinski definition) is 2. The number of benzene rings is 2. The smallest absolute Gasteiger partial charge is 0.188 e. The molecule has 0 radical (unpaired) electrons. The van der Waals surface area contributed by atoms with Crippen molar-refractivity contribution in [1.82, 2.24) is 0 Å². The van der Waals surface area contributed by atoms with E-state index >= 15 is 0 Å². The molecule has 0 heterocycles. The van der Waals surface area contributed by atoms with Gasteiger partial charge in [0.25, 0.3) is 0 Å². The van der Waals surface area contributed by atoms with E-state index in [2.05, 4.69) is 92.1 Å². The van der Waals surface area contributed by atoms with Gasteiger partial charge < -0.3 is 9.47 Å². The molecular formula is C30H48O2P2. The van der Waals surface area contributed by atoms with Crippen molar-refractivity contribution in [1.29, 1.82) is 0 Å². The summed E-state index contributed by atoms with van der Waals surface area (Å²) >= 11 is 0. The second-order valence-corrected chi connectivity index (χ2v) is 15.6. The normalized spacial score (nSPS) is 14.2. The van der Waals surface area contributed by atoms with Gasteiger partial charge in [-0.25, -0.2) is 0 Å². The van der Waals surface area contributed by atoms with Gasteiger partial charge in [0.1, 0.15) is 5.75 Å². The van der Waals surface area contributed by atoms with Crippen LogP contribution < -0.4 is 10.0 Å². The third-order valence-corrected chi connectivity index (χ3v) is 9.59. The van der Waals surface area contributed by atoms with Crippen molar-refractivity contribution < 1.29 is 9.47 Å². The maximum Gasteiger partial charge on any atom is 0.188 e. The number of hydrogen-bond donors (Lipinski definition) is 0. The summed E-state index contributed by atoms with van der Waals surface area (Å²) in [5.41, 5.74) is 7.00. The lowest BCUT2D eigenvalue weighted by molar-refractivity contribution is 0.0494. The fourth-order valence-corrected chi connectivity index (χ4v) is 7.46. The minimum Gasteiger partial charge on any atom is -0.467 e. The molecule has 0 aliphatic carbocycles. The Morgan fingerprint density at radius 3 is 2.26 bits per heavy atom. The van der Waals surface area contributed by atoms with Gasteiger partial charge in [-0.15, -0.1) is 7.92 Å². The molecule has 2 aromatic rings. The zero-order valence-electron chi connectivity index (χ0n) is 23.4. The summed E-state index contributed by atoms with van der Waals surface area (Å²) < 4.78 is 11.6. The Bertz CT molecular complexity index is 930. The zero-order chi connectivity index (χ0) is 25.5. The minimum absolute atomic E-state index is 0.00843. The molecule has 0 aromatic heterocycles. The van der Waals surface area contributed by atoms with E-state index in [0.717, 1.165) is 12.2 Å². The van der Waals surface area contributed by atoms with E-state index in [9.17, 15) is 0 Å². The third-order valence-electron chi connectivity index (χ3n) is 6.58. The van der Waals surface area contributed by atoms with Crippen molar-refractivity contribution in [2.24, 2.45) is 0 Å². The largest absolute Gasteiger partial charge is 0.467 e. The highest BCUT2D eigenvalue weighted by molar-refractivity contribution is 7.55. The van der Waals surface area contributed by atoms with Crippen LogP contribution in [-0.2, 0) is 21.5 Å². The van der Waals surface area contributed by atoms with Gasteiger partial charge in [-0.1, -0.05) is 92.8 Å². The monoisotopic (exact) mass is 502 g/mol. The molecule has 190 valence electrons. The molecule has 2 atom stereocenters. The molecule has 2 unspecified atom stereocenters. The maximum atomic E-state index is 6.29. The Morgan fingerprint density at radius 2 is 1.68 bits per heavy atom. The van der Waals surface area contributed by atoms with E-state index in [0.29, 0.717) is 8.58 Å². The molecule has 0 N–H and O–H groups in total. The summed E-state index contributed by atoms with van der Waals surface area (Å²) in [4.78, 5) is 0. The van der Waals surface area contributed by atoms with Gasteiger partial charge in [0.15, 0.2) is 6.79 Å². The molecule has 0 bridgehead atoms. The molecule has 0 spiro atoms. The van der Waals surface area contributed by atoms with Gasteiger partial charge in [0.2, 0.25) is 0 Å². The van der Waals surface area contributed by atoms with E-state index in [1.54, 1.807) is 18.0 Å². The van der Waals surface area contributed by atoms with Crippen molar-refractivity contribution in [2.45, 2.75) is 90.9 Å². The SMILES string of the molecule is CCCCCC(C)(Pc1c(C)cccc1CP(C)C)c1cc(C(C)(C)C)cc(C)c1OCOC. The molecule has 0 aliphatic heterocycles. The fourth-order valence-electron chi connectivity index (χ4n) is 4.58. The number of aryl methyl sites for hydroxylation is 2. The van der Waals surface area contributed by atoms with E-state index < -0.39 is 0 Å². The van der Waals surface area contributed by atoms with Crippen LogP contribution in [0, 0.1) is 13.8 Å². The Kier molecular flexibility index (Phi) is 11.1. The van der Waals surface area contributed by atoms with Gasteiger partial charge in [-0.05, 0) is 72.7 Å². The summed E-state index contributed by atoms with van der Waals surface area (Å²) in [7, 11) is 2.41. The summed E-state index contributed by atoms with van der Waals surface area (Å²) in [5.74, 6) is 1.02. The molecule has 2 aromatic carbocycles. The molecule has 2 rings (SSSR count). The molecule has 0 saturated carbocycles. The van der Waals surface area contributed by atoms with Crippen LogP contribution in [0.5, 0.6) is 5.75 Å². The average Bonchev–Trinajstić information content (AvgIpc) is 2.74. The summed E-state index contributed by atoms with van der Waals surface area (Å²) in [6.45, 7) is 21.2. The predicted molar refractivity (Wildman–Crippen MR) is 155 cm³/mol. The van der Waals surface area contributed by atoms with Crippen molar-refractivity contribution in [2.75, 3.05) is 27.2 Å². The lowest BCUT2D eigenvalue weighted by Crippen LogP contribution is -2.25. The molecule has 2 nitrogen and oxygen atoms in total. The third kappa shape index (κ3) is 7.78. The van der Waals surface area contributed by atoms with E-state index in [-0.39, 0.29) is 25.3 Å². The van der Waals surface area contributed by atoms with Crippen molar-refractivity contribution in [3.63, 3.8) is 0 Å². The Labute approximate surface area is 213 Å². The van der Waals surface area contributed by atoms with Crippen molar-refractivity contribution in [3.05, 3.63) is 58.1 Å². The van der Waals surface area contributed by atoms with E-state index in [1.807, 2.05) is 0 Å². The zero-order valence-corrected chi connectivity index (χ0v) is 25.3. The molecule has 0 saturated heterocycles. The van der Waals surface area contributed by atoms with Crippen LogP contribution in [0.3, 0.4) is 0 Å². The van der Waals surface area contributed by atoms with E-state index in [4.69, 9.17) is 9.47 Å². The lowest BCUT2D eigenvalue weighted by Gasteiger charge is -2.36. The van der Waals surface area contributed by atoms with Crippen LogP contribution in [0.2, 0.25) is 0 Å². The number of ether oxygens (including phenoxy) is 2. The van der Waals surface area contributed by atoms with Gasteiger partial charge in [-0.2, -0.15) is 0 Å². The van der Waals surface area contributed by atoms with Crippen LogP contribution in [0.15, 0.2) is 30.3 Å². The second kappa shape index (κ2) is 12.9. The molecule has 34 heavy (non-hydrogen) atoms. The first-order valence-electron chi connectivity index (χ1n) is 12.7. The first-order chi connectivity index (χ1) is 15.9. The summed E-state index contributed by atoms with van der Waals surface area (Å²) in [6, 6.07) is 11.7. The van der Waals surface area contributed by atoms with Crippen LogP contribution >= 0.6 is 16.5 Å². The van der Waals surface area contributed by atoms with Gasteiger partial charge in [0.05, 0.1) is 0 Å². The lowest BCUT2D eigenvalue weighted by atomic mass is 9.82. The van der Waals surface area contributed by atoms with Gasteiger partial charge >= 0.3 is 0 Å². The van der Waals surface area contributed by atoms with Crippen LogP contribution in [0.4, 0.5) is 0 Å². The Hall–Kier alpha value is -0.940. The molecule has 0 fully saturated rings. The highest BCUT2D eigenvalue weighted by atomic mass is 31.1.